The number of benzene rings is 1. The number of nitrogens with zero attached hydrogens (tertiary/aromatic N) is 4. The minimum atomic E-state index is -0.127. The van der Waals surface area contributed by atoms with Crippen LogP contribution in [0.4, 0.5) is 5.82 Å². The molecule has 1 amide bonds. The van der Waals surface area contributed by atoms with Crippen LogP contribution in [-0.2, 0) is 17.9 Å². The van der Waals surface area contributed by atoms with Crippen molar-refractivity contribution in [1.82, 2.24) is 19.6 Å². The van der Waals surface area contributed by atoms with Gasteiger partial charge in [0, 0.05) is 36.4 Å². The maximum Gasteiger partial charge on any atom is 0.227 e. The van der Waals surface area contributed by atoms with Crippen LogP contribution < -0.4 is 5.32 Å². The molecule has 2 heterocycles. The largest absolute Gasteiger partial charge is 0.309 e. The van der Waals surface area contributed by atoms with Crippen LogP contribution in [0.2, 0.25) is 10.0 Å². The summed E-state index contributed by atoms with van der Waals surface area (Å²) in [6.45, 7) is 1.07. The van der Waals surface area contributed by atoms with E-state index in [1.807, 2.05) is 30.5 Å². The van der Waals surface area contributed by atoms with Gasteiger partial charge in [0.2, 0.25) is 5.91 Å². The molecule has 0 aliphatic carbocycles. The number of aromatic nitrogens is 4. The van der Waals surface area contributed by atoms with Crippen LogP contribution in [0.15, 0.2) is 48.9 Å². The number of nitrogens with one attached hydrogen (secondary N) is 1. The van der Waals surface area contributed by atoms with E-state index >= 15 is 0 Å². The van der Waals surface area contributed by atoms with Crippen molar-refractivity contribution >= 4 is 34.9 Å². The van der Waals surface area contributed by atoms with Crippen LogP contribution in [0.1, 0.15) is 12.0 Å². The van der Waals surface area contributed by atoms with E-state index in [1.54, 1.807) is 21.6 Å². The zero-order valence-electron chi connectivity index (χ0n) is 12.7. The lowest BCUT2D eigenvalue weighted by molar-refractivity contribution is -0.116. The summed E-state index contributed by atoms with van der Waals surface area (Å²) in [6, 6.07) is 9.32. The highest BCUT2D eigenvalue weighted by molar-refractivity contribution is 6.30. The molecule has 0 bridgehead atoms. The number of carbonyl (C=O) groups excluding carboxylic acids is 1. The molecule has 8 heteroatoms. The molecule has 0 saturated heterocycles. The Labute approximate surface area is 149 Å². The van der Waals surface area contributed by atoms with Crippen LogP contribution in [0.5, 0.6) is 0 Å². The van der Waals surface area contributed by atoms with Crippen LogP contribution in [0, 0.1) is 0 Å². The van der Waals surface area contributed by atoms with E-state index in [-0.39, 0.29) is 5.91 Å². The van der Waals surface area contributed by atoms with Gasteiger partial charge in [0.1, 0.15) is 0 Å². The number of halogens is 2. The number of anilines is 1. The first-order chi connectivity index (χ1) is 11.6. The number of amides is 1. The Morgan fingerprint density at radius 1 is 1.08 bits per heavy atom. The molecule has 0 radical (unpaired) electrons. The third-order valence-corrected chi connectivity index (χ3v) is 3.78. The lowest BCUT2D eigenvalue weighted by Crippen LogP contribution is -2.15. The van der Waals surface area contributed by atoms with Crippen molar-refractivity contribution in [3.8, 4) is 0 Å². The Kier molecular flexibility index (Phi) is 5.17. The van der Waals surface area contributed by atoms with Crippen molar-refractivity contribution in [2.45, 2.75) is 19.5 Å². The average molecular weight is 364 g/mol. The van der Waals surface area contributed by atoms with Gasteiger partial charge in [0.05, 0.1) is 17.8 Å². The summed E-state index contributed by atoms with van der Waals surface area (Å²) in [5.74, 6) is 0.394. The zero-order chi connectivity index (χ0) is 16.9. The fourth-order valence-corrected chi connectivity index (χ4v) is 2.46. The summed E-state index contributed by atoms with van der Waals surface area (Å²) in [5, 5.41) is 12.4. The summed E-state index contributed by atoms with van der Waals surface area (Å²) in [6.07, 6.45) is 5.33. The Morgan fingerprint density at radius 2 is 1.88 bits per heavy atom. The smallest absolute Gasteiger partial charge is 0.227 e. The molecular weight excluding hydrogens is 349 g/mol. The van der Waals surface area contributed by atoms with E-state index in [9.17, 15) is 4.79 Å². The molecule has 6 nitrogen and oxygen atoms in total. The van der Waals surface area contributed by atoms with Crippen LogP contribution in [0.25, 0.3) is 0 Å². The normalized spacial score (nSPS) is 10.8. The number of carbonyl (C=O) groups is 1. The summed E-state index contributed by atoms with van der Waals surface area (Å²) in [7, 11) is 0. The molecule has 0 fully saturated rings. The van der Waals surface area contributed by atoms with Gasteiger partial charge in [-0.1, -0.05) is 35.3 Å². The highest BCUT2D eigenvalue weighted by Crippen LogP contribution is 2.12. The summed E-state index contributed by atoms with van der Waals surface area (Å²) < 4.78 is 3.38. The van der Waals surface area contributed by atoms with Gasteiger partial charge in [-0.25, -0.2) is 0 Å². The van der Waals surface area contributed by atoms with Gasteiger partial charge in [-0.05, 0) is 17.7 Å². The summed E-state index contributed by atoms with van der Waals surface area (Å²) in [4.78, 5) is 11.9. The number of aryl methyl sites for hydroxylation is 1. The van der Waals surface area contributed by atoms with Crippen molar-refractivity contribution in [3.63, 3.8) is 0 Å². The van der Waals surface area contributed by atoms with E-state index in [1.165, 1.54) is 6.20 Å². The fraction of sp³-hybridized carbons (Fsp3) is 0.188. The number of rotatable bonds is 6. The minimum absolute atomic E-state index is 0.127. The molecule has 0 aliphatic rings. The van der Waals surface area contributed by atoms with Crippen molar-refractivity contribution in [2.75, 3.05) is 5.32 Å². The summed E-state index contributed by atoms with van der Waals surface area (Å²) >= 11 is 11.6. The van der Waals surface area contributed by atoms with Crippen molar-refractivity contribution in [3.05, 3.63) is 64.5 Å². The molecule has 0 atom stereocenters. The molecule has 24 heavy (non-hydrogen) atoms. The van der Waals surface area contributed by atoms with Crippen LogP contribution >= 0.6 is 23.2 Å². The Morgan fingerprint density at radius 3 is 2.58 bits per heavy atom. The topological polar surface area (TPSA) is 64.7 Å². The molecular formula is C16H15Cl2N5O. The molecule has 0 aliphatic heterocycles. The van der Waals surface area contributed by atoms with E-state index in [0.29, 0.717) is 35.4 Å². The predicted octanol–water partition coefficient (Wildman–Crippen LogP) is 3.46. The Hall–Kier alpha value is -2.31. The molecule has 1 N–H and O–H groups in total. The van der Waals surface area contributed by atoms with E-state index < -0.39 is 0 Å². The summed E-state index contributed by atoms with van der Waals surface area (Å²) in [5.41, 5.74) is 1.08. The van der Waals surface area contributed by atoms with Gasteiger partial charge in [-0.15, -0.1) is 0 Å². The fourth-order valence-electron chi connectivity index (χ4n) is 2.18. The van der Waals surface area contributed by atoms with Gasteiger partial charge in [0.15, 0.2) is 5.82 Å². The second-order valence-electron chi connectivity index (χ2n) is 5.24. The molecule has 3 rings (SSSR count). The molecule has 3 aromatic rings. The lowest BCUT2D eigenvalue weighted by atomic mass is 10.2. The van der Waals surface area contributed by atoms with Crippen molar-refractivity contribution in [1.29, 1.82) is 0 Å². The molecule has 124 valence electrons. The number of hydrogen-bond donors (Lipinski definition) is 1. The SMILES string of the molecule is O=C(CCn1cc(Cl)cn1)Nc1ccn(Cc2ccc(Cl)cc2)n1. The Bertz CT molecular complexity index is 825. The van der Waals surface area contributed by atoms with E-state index in [0.717, 1.165) is 5.56 Å². The molecule has 0 unspecified atom stereocenters. The minimum Gasteiger partial charge on any atom is -0.309 e. The second kappa shape index (κ2) is 7.51. The first-order valence-electron chi connectivity index (χ1n) is 7.34. The average Bonchev–Trinajstić information content (AvgIpc) is 3.17. The molecule has 0 saturated carbocycles. The van der Waals surface area contributed by atoms with E-state index in [4.69, 9.17) is 23.2 Å². The first-order valence-corrected chi connectivity index (χ1v) is 8.10. The molecule has 2 aromatic heterocycles. The third-order valence-electron chi connectivity index (χ3n) is 3.34. The maximum absolute atomic E-state index is 11.9. The highest BCUT2D eigenvalue weighted by atomic mass is 35.5. The quantitative estimate of drug-likeness (QED) is 0.729. The van der Waals surface area contributed by atoms with Gasteiger partial charge >= 0.3 is 0 Å². The Balaban J connectivity index is 1.51. The predicted molar refractivity (Wildman–Crippen MR) is 93.3 cm³/mol. The lowest BCUT2D eigenvalue weighted by Gasteiger charge is -2.04. The second-order valence-corrected chi connectivity index (χ2v) is 6.12. The maximum atomic E-state index is 11.9. The highest BCUT2D eigenvalue weighted by Gasteiger charge is 2.06. The third kappa shape index (κ3) is 4.59. The first kappa shape index (κ1) is 16.5. The van der Waals surface area contributed by atoms with Gasteiger partial charge in [-0.3, -0.25) is 14.2 Å². The van der Waals surface area contributed by atoms with Gasteiger partial charge in [0.25, 0.3) is 0 Å². The van der Waals surface area contributed by atoms with Crippen molar-refractivity contribution in [2.24, 2.45) is 0 Å². The van der Waals surface area contributed by atoms with Gasteiger partial charge in [-0.2, -0.15) is 10.2 Å². The van der Waals surface area contributed by atoms with Crippen LogP contribution in [-0.4, -0.2) is 25.5 Å². The van der Waals surface area contributed by atoms with Crippen LogP contribution in [0.3, 0.4) is 0 Å². The number of hydrogen-bond acceptors (Lipinski definition) is 3. The molecule has 0 spiro atoms. The van der Waals surface area contributed by atoms with Gasteiger partial charge < -0.3 is 5.32 Å². The zero-order valence-corrected chi connectivity index (χ0v) is 14.2. The molecule has 1 aromatic carbocycles. The monoisotopic (exact) mass is 363 g/mol. The standard InChI is InChI=1S/C16H15Cl2N5O/c17-13-3-1-12(2-4-13)10-23-7-5-15(21-23)20-16(24)6-8-22-11-14(18)9-19-22/h1-5,7,9,11H,6,8,10H2,(H,20,21,24). The van der Waals surface area contributed by atoms with Crippen molar-refractivity contribution < 1.29 is 4.79 Å². The van der Waals surface area contributed by atoms with E-state index in [2.05, 4.69) is 15.5 Å².